The van der Waals surface area contributed by atoms with E-state index in [0.29, 0.717) is 32.7 Å². The second-order valence-corrected chi connectivity index (χ2v) is 9.05. The SMILES string of the molecule is N#Cc1ccc(COc2ccc(Cl)cc2/C=C(\Sc2n[nH]c(-c3ccc(Cl)cc3)n2)C(=O)O)cc1. The van der Waals surface area contributed by atoms with E-state index in [0.717, 1.165) is 22.9 Å². The van der Waals surface area contributed by atoms with Crippen LogP contribution in [0.15, 0.2) is 76.8 Å². The van der Waals surface area contributed by atoms with Gasteiger partial charge in [0.1, 0.15) is 17.3 Å². The van der Waals surface area contributed by atoms with Gasteiger partial charge in [0.2, 0.25) is 5.16 Å². The molecule has 1 aromatic heterocycles. The van der Waals surface area contributed by atoms with Crippen molar-refractivity contribution >= 4 is 47.0 Å². The Morgan fingerprint density at radius 2 is 1.80 bits per heavy atom. The molecule has 0 saturated heterocycles. The first kappa shape index (κ1) is 24.4. The number of ether oxygens (including phenoxy) is 1. The van der Waals surface area contributed by atoms with Crippen molar-refractivity contribution < 1.29 is 14.6 Å². The number of nitriles is 1. The van der Waals surface area contributed by atoms with Crippen LogP contribution in [0.1, 0.15) is 16.7 Å². The standard InChI is InChI=1S/C25H16Cl2N4O3S/c26-19-7-5-17(6-8-19)23-29-25(31-30-23)35-22(24(32)33)12-18-11-20(27)9-10-21(18)34-14-16-3-1-15(13-28)2-4-16/h1-12H,14H2,(H,32,33)(H,29,30,31)/b22-12-. The van der Waals surface area contributed by atoms with Crippen LogP contribution in [0.25, 0.3) is 17.5 Å². The lowest BCUT2D eigenvalue weighted by Crippen LogP contribution is -2.00. The summed E-state index contributed by atoms with van der Waals surface area (Å²) in [6, 6.07) is 21.1. The summed E-state index contributed by atoms with van der Waals surface area (Å²) >= 11 is 13.0. The number of carboxylic acids is 1. The first-order valence-electron chi connectivity index (χ1n) is 10.1. The molecule has 0 atom stereocenters. The summed E-state index contributed by atoms with van der Waals surface area (Å²) in [7, 11) is 0. The molecule has 3 aromatic carbocycles. The van der Waals surface area contributed by atoms with Gasteiger partial charge in [0.15, 0.2) is 5.82 Å². The quantitative estimate of drug-likeness (QED) is 0.202. The molecule has 1 heterocycles. The largest absolute Gasteiger partial charge is 0.488 e. The van der Waals surface area contributed by atoms with E-state index in [4.69, 9.17) is 33.2 Å². The number of halogens is 2. The van der Waals surface area contributed by atoms with Crippen LogP contribution in [0, 0.1) is 11.3 Å². The van der Waals surface area contributed by atoms with Crippen molar-refractivity contribution in [3.05, 3.63) is 98.4 Å². The molecule has 0 saturated carbocycles. The zero-order valence-electron chi connectivity index (χ0n) is 17.9. The van der Waals surface area contributed by atoms with Crippen LogP contribution < -0.4 is 4.74 Å². The molecule has 0 aliphatic heterocycles. The summed E-state index contributed by atoms with van der Waals surface area (Å²) in [5.74, 6) is -0.205. The number of nitrogens with one attached hydrogen (secondary N) is 1. The topological polar surface area (TPSA) is 112 Å². The zero-order valence-corrected chi connectivity index (χ0v) is 20.2. The predicted molar refractivity (Wildman–Crippen MR) is 135 cm³/mol. The number of aliphatic carboxylic acids is 1. The molecule has 0 aliphatic carbocycles. The predicted octanol–water partition coefficient (Wildman–Crippen LogP) is 6.45. The average Bonchev–Trinajstić information content (AvgIpc) is 3.32. The summed E-state index contributed by atoms with van der Waals surface area (Å²) in [4.78, 5) is 16.3. The number of benzene rings is 3. The normalized spacial score (nSPS) is 11.2. The van der Waals surface area contributed by atoms with Gasteiger partial charge in [0.05, 0.1) is 11.6 Å². The van der Waals surface area contributed by atoms with E-state index in [-0.39, 0.29) is 16.7 Å². The molecule has 174 valence electrons. The fourth-order valence-electron chi connectivity index (χ4n) is 3.00. The van der Waals surface area contributed by atoms with Crippen LogP contribution in [-0.4, -0.2) is 26.3 Å². The zero-order chi connectivity index (χ0) is 24.8. The van der Waals surface area contributed by atoms with Crippen LogP contribution in [0.2, 0.25) is 10.0 Å². The number of thioether (sulfide) groups is 1. The summed E-state index contributed by atoms with van der Waals surface area (Å²) in [6.07, 6.45) is 1.46. The molecule has 0 amide bonds. The highest BCUT2D eigenvalue weighted by molar-refractivity contribution is 8.04. The molecule has 0 spiro atoms. The van der Waals surface area contributed by atoms with Gasteiger partial charge in [0, 0.05) is 21.2 Å². The number of H-pyrrole nitrogens is 1. The van der Waals surface area contributed by atoms with Crippen molar-refractivity contribution in [2.75, 3.05) is 0 Å². The minimum absolute atomic E-state index is 0.0165. The van der Waals surface area contributed by atoms with E-state index < -0.39 is 5.97 Å². The number of aromatic amines is 1. The Hall–Kier alpha value is -3.77. The Morgan fingerprint density at radius 3 is 2.49 bits per heavy atom. The maximum Gasteiger partial charge on any atom is 0.342 e. The van der Waals surface area contributed by atoms with Crippen LogP contribution >= 0.6 is 35.0 Å². The van der Waals surface area contributed by atoms with E-state index >= 15 is 0 Å². The Bertz CT molecular complexity index is 1430. The third-order valence-corrected chi connectivity index (χ3v) is 6.09. The smallest absolute Gasteiger partial charge is 0.342 e. The third-order valence-electron chi connectivity index (χ3n) is 4.73. The Morgan fingerprint density at radius 1 is 1.09 bits per heavy atom. The molecule has 0 aliphatic rings. The van der Waals surface area contributed by atoms with Crippen LogP contribution in [-0.2, 0) is 11.4 Å². The Balaban J connectivity index is 1.56. The van der Waals surface area contributed by atoms with Crippen LogP contribution in [0.5, 0.6) is 5.75 Å². The number of nitrogens with zero attached hydrogens (tertiary/aromatic N) is 3. The molecular formula is C25H16Cl2N4O3S. The molecular weight excluding hydrogens is 507 g/mol. The van der Waals surface area contributed by atoms with E-state index in [9.17, 15) is 9.90 Å². The molecule has 4 aromatic rings. The summed E-state index contributed by atoms with van der Waals surface area (Å²) in [5, 5.41) is 26.9. The summed E-state index contributed by atoms with van der Waals surface area (Å²) in [6.45, 7) is 0.231. The molecule has 0 bridgehead atoms. The van der Waals surface area contributed by atoms with E-state index in [2.05, 4.69) is 21.3 Å². The van der Waals surface area contributed by atoms with Crippen molar-refractivity contribution in [2.45, 2.75) is 11.8 Å². The Kier molecular flexibility index (Phi) is 7.73. The number of rotatable bonds is 8. The lowest BCUT2D eigenvalue weighted by molar-refractivity contribution is -0.131. The molecule has 4 rings (SSSR count). The van der Waals surface area contributed by atoms with Gasteiger partial charge in [-0.2, -0.15) is 5.26 Å². The molecule has 0 radical (unpaired) electrons. The van der Waals surface area contributed by atoms with Gasteiger partial charge >= 0.3 is 5.97 Å². The average molecular weight is 523 g/mol. The molecule has 10 heteroatoms. The maximum absolute atomic E-state index is 12.0. The van der Waals surface area contributed by atoms with Gasteiger partial charge < -0.3 is 9.84 Å². The van der Waals surface area contributed by atoms with Crippen molar-refractivity contribution in [3.63, 3.8) is 0 Å². The van der Waals surface area contributed by atoms with Gasteiger partial charge in [-0.15, -0.1) is 5.10 Å². The minimum atomic E-state index is -1.15. The van der Waals surface area contributed by atoms with E-state index in [1.54, 1.807) is 66.7 Å². The number of carbonyl (C=O) groups is 1. The first-order valence-corrected chi connectivity index (χ1v) is 11.7. The van der Waals surface area contributed by atoms with Gasteiger partial charge in [0.25, 0.3) is 0 Å². The second-order valence-electron chi connectivity index (χ2n) is 7.17. The van der Waals surface area contributed by atoms with Crippen LogP contribution in [0.3, 0.4) is 0 Å². The van der Waals surface area contributed by atoms with Gasteiger partial charge in [-0.05, 0) is 78.0 Å². The fraction of sp³-hybridized carbons (Fsp3) is 0.0400. The lowest BCUT2D eigenvalue weighted by Gasteiger charge is -2.11. The molecule has 0 fully saturated rings. The van der Waals surface area contributed by atoms with Crippen molar-refractivity contribution in [1.82, 2.24) is 15.2 Å². The summed E-state index contributed by atoms with van der Waals surface area (Å²) in [5.41, 5.74) is 2.67. The monoisotopic (exact) mass is 522 g/mol. The highest BCUT2D eigenvalue weighted by atomic mass is 35.5. The van der Waals surface area contributed by atoms with Gasteiger partial charge in [-0.25, -0.2) is 9.78 Å². The maximum atomic E-state index is 12.0. The fourth-order valence-corrected chi connectivity index (χ4v) is 4.01. The number of aromatic nitrogens is 3. The highest BCUT2D eigenvalue weighted by Crippen LogP contribution is 2.32. The minimum Gasteiger partial charge on any atom is -0.488 e. The first-order chi connectivity index (χ1) is 16.9. The highest BCUT2D eigenvalue weighted by Gasteiger charge is 2.16. The van der Waals surface area contributed by atoms with Crippen molar-refractivity contribution in [3.8, 4) is 23.2 Å². The molecule has 0 unspecified atom stereocenters. The van der Waals surface area contributed by atoms with Crippen molar-refractivity contribution in [2.24, 2.45) is 0 Å². The van der Waals surface area contributed by atoms with E-state index in [1.807, 2.05) is 0 Å². The van der Waals surface area contributed by atoms with Crippen LogP contribution in [0.4, 0.5) is 0 Å². The van der Waals surface area contributed by atoms with Crippen molar-refractivity contribution in [1.29, 1.82) is 5.26 Å². The number of hydrogen-bond acceptors (Lipinski definition) is 6. The van der Waals surface area contributed by atoms with Gasteiger partial charge in [-0.1, -0.05) is 35.3 Å². The number of hydrogen-bond donors (Lipinski definition) is 2. The lowest BCUT2D eigenvalue weighted by atomic mass is 10.1. The molecule has 2 N–H and O–H groups in total. The third kappa shape index (κ3) is 6.43. The summed E-state index contributed by atoms with van der Waals surface area (Å²) < 4.78 is 5.92. The van der Waals surface area contributed by atoms with Gasteiger partial charge in [-0.3, -0.25) is 5.10 Å². The molecule has 35 heavy (non-hydrogen) atoms. The molecule has 7 nitrogen and oxygen atoms in total. The number of carboxylic acid groups (broad SMARTS) is 1. The second kappa shape index (κ2) is 11.1. The van der Waals surface area contributed by atoms with E-state index in [1.165, 1.54) is 6.08 Å². The Labute approximate surface area is 215 Å².